The van der Waals surface area contributed by atoms with E-state index in [4.69, 9.17) is 9.47 Å². The maximum Gasteiger partial charge on any atom is 0.313 e. The smallest absolute Gasteiger partial charge is 0.313 e. The Balaban J connectivity index is 1.69. The van der Waals surface area contributed by atoms with Gasteiger partial charge in [0.1, 0.15) is 17.7 Å². The van der Waals surface area contributed by atoms with Gasteiger partial charge >= 0.3 is 5.97 Å². The predicted molar refractivity (Wildman–Crippen MR) is 188 cm³/mol. The fourth-order valence-electron chi connectivity index (χ4n) is 8.58. The molecule has 3 fully saturated rings. The number of hydrogen-bond acceptors (Lipinski definition) is 7. The average Bonchev–Trinajstić information content (AvgIpc) is 3.67. The summed E-state index contributed by atoms with van der Waals surface area (Å²) < 4.78 is 12.9. The van der Waals surface area contributed by atoms with Crippen molar-refractivity contribution < 1.29 is 33.8 Å². The number of rotatable bonds is 17. The van der Waals surface area contributed by atoms with Crippen LogP contribution in [0.4, 0.5) is 0 Å². The highest BCUT2D eigenvalue weighted by molar-refractivity contribution is 5.98. The van der Waals surface area contributed by atoms with E-state index < -0.39 is 53.2 Å². The molecular formula is C39H57N3O7. The van der Waals surface area contributed by atoms with Crippen molar-refractivity contribution in [2.45, 2.75) is 122 Å². The quantitative estimate of drug-likeness (QED) is 0.133. The first kappa shape index (κ1) is 38.3. The molecule has 3 saturated heterocycles. The minimum absolute atomic E-state index is 0.0346. The summed E-state index contributed by atoms with van der Waals surface area (Å²) in [4.78, 5) is 59.8. The van der Waals surface area contributed by atoms with E-state index in [2.05, 4.69) is 39.2 Å². The molecule has 1 aromatic rings. The third-order valence-electron chi connectivity index (χ3n) is 10.2. The number of nitrogens with zero attached hydrogens (tertiary/aromatic N) is 2. The Hall–Kier alpha value is -3.50. The minimum atomic E-state index is -1.19. The van der Waals surface area contributed by atoms with Crippen molar-refractivity contribution in [1.82, 2.24) is 15.1 Å². The van der Waals surface area contributed by atoms with Gasteiger partial charge in [0, 0.05) is 31.7 Å². The summed E-state index contributed by atoms with van der Waals surface area (Å²) in [5.74, 6) is -3.09. The number of hydrogen-bond donors (Lipinski definition) is 2. The Morgan fingerprint density at radius 2 is 1.84 bits per heavy atom. The zero-order chi connectivity index (χ0) is 36.1. The molecule has 2 N–H and O–H groups in total. The second kappa shape index (κ2) is 15.6. The fourth-order valence-corrected chi connectivity index (χ4v) is 8.58. The van der Waals surface area contributed by atoms with Crippen LogP contribution in [-0.2, 0) is 28.7 Å². The number of aliphatic hydroxyl groups is 1. The molecule has 270 valence electrons. The van der Waals surface area contributed by atoms with Crippen molar-refractivity contribution in [2.24, 2.45) is 17.3 Å². The van der Waals surface area contributed by atoms with Crippen molar-refractivity contribution in [3.8, 4) is 0 Å². The van der Waals surface area contributed by atoms with Gasteiger partial charge in [-0.2, -0.15) is 0 Å². The van der Waals surface area contributed by atoms with Crippen LogP contribution in [0, 0.1) is 17.3 Å². The van der Waals surface area contributed by atoms with Gasteiger partial charge in [-0.15, -0.1) is 13.2 Å². The number of esters is 1. The SMILES string of the molecule is C=CCCC(=O)N[C@H](C)[C@@H](OC(=O)[C@@H]1[C@H]2C(=O)N(CCCCO)[C@H](C(=O)N(CC=C)C(C)(C)CC(C)(C)C)[C@]23CC[C@H]1O3)c1ccccc1. The molecule has 1 aromatic carbocycles. The number of unbranched alkanes of at least 4 members (excludes halogenated alkanes) is 1. The van der Waals surface area contributed by atoms with E-state index in [1.54, 1.807) is 24.0 Å². The number of benzene rings is 1. The molecule has 3 amide bonds. The van der Waals surface area contributed by atoms with Crippen molar-refractivity contribution in [2.75, 3.05) is 19.7 Å². The van der Waals surface area contributed by atoms with Gasteiger partial charge in [0.05, 0.1) is 24.0 Å². The largest absolute Gasteiger partial charge is 0.455 e. The fraction of sp³-hybridized carbons (Fsp3) is 0.641. The summed E-state index contributed by atoms with van der Waals surface area (Å²) in [5, 5.41) is 12.5. The monoisotopic (exact) mass is 679 g/mol. The van der Waals surface area contributed by atoms with Gasteiger partial charge in [-0.3, -0.25) is 19.2 Å². The maximum atomic E-state index is 14.9. The molecule has 3 heterocycles. The third kappa shape index (κ3) is 8.12. The molecule has 3 aliphatic heterocycles. The van der Waals surface area contributed by atoms with E-state index in [0.717, 1.165) is 0 Å². The number of carbonyl (C=O) groups excluding carboxylic acids is 4. The standard InChI is InChI=1S/C39H57N3O7/c1-9-11-19-29(44)40-26(3)32(27-17-13-12-14-18-27)48-36(47)30-28-20-21-39(49-28)31(30)34(45)41(23-15-16-24-43)33(39)35(46)42(22-10-2)38(7,8)25-37(4,5)6/h9-10,12-14,17-18,26,28,30-33,43H,1-2,11,15-16,19-25H2,3-8H3,(H,40,44)/t26-,28-,30+,31+,32-,33-,39+/m1/s1. The molecule has 0 aromatic heterocycles. The van der Waals surface area contributed by atoms with Crippen LogP contribution < -0.4 is 5.32 Å². The zero-order valence-electron chi connectivity index (χ0n) is 30.3. The zero-order valence-corrected chi connectivity index (χ0v) is 30.3. The first-order chi connectivity index (χ1) is 23.1. The Morgan fingerprint density at radius 1 is 1.14 bits per heavy atom. The Labute approximate surface area is 292 Å². The Kier molecular flexibility index (Phi) is 12.2. The van der Waals surface area contributed by atoms with E-state index >= 15 is 0 Å². The molecule has 0 unspecified atom stereocenters. The van der Waals surface area contributed by atoms with Gasteiger partial charge in [-0.25, -0.2) is 0 Å². The number of amides is 3. The lowest BCUT2D eigenvalue weighted by molar-refractivity contribution is -0.162. The van der Waals surface area contributed by atoms with Gasteiger partial charge in [0.25, 0.3) is 0 Å². The second-order valence-electron chi connectivity index (χ2n) is 15.8. The molecule has 0 radical (unpaired) electrons. The van der Waals surface area contributed by atoms with E-state index in [0.29, 0.717) is 50.6 Å². The number of aliphatic hydroxyl groups excluding tert-OH is 1. The molecule has 49 heavy (non-hydrogen) atoms. The molecule has 2 bridgehead atoms. The highest BCUT2D eigenvalue weighted by Crippen LogP contribution is 2.59. The first-order valence-corrected chi connectivity index (χ1v) is 17.8. The summed E-state index contributed by atoms with van der Waals surface area (Å²) in [7, 11) is 0. The number of likely N-dealkylation sites (tertiary alicyclic amines) is 1. The number of allylic oxidation sites excluding steroid dienone is 1. The van der Waals surface area contributed by atoms with E-state index in [1.807, 2.05) is 49.1 Å². The lowest BCUT2D eigenvalue weighted by Gasteiger charge is -2.45. The minimum Gasteiger partial charge on any atom is -0.455 e. The molecule has 10 heteroatoms. The molecule has 10 nitrogen and oxygen atoms in total. The van der Waals surface area contributed by atoms with Crippen molar-refractivity contribution in [3.63, 3.8) is 0 Å². The molecule has 7 atom stereocenters. The van der Waals surface area contributed by atoms with Crippen LogP contribution in [0.2, 0.25) is 0 Å². The van der Waals surface area contributed by atoms with Gasteiger partial charge in [-0.1, -0.05) is 63.3 Å². The van der Waals surface area contributed by atoms with E-state index in [1.165, 1.54) is 0 Å². The van der Waals surface area contributed by atoms with Crippen molar-refractivity contribution in [1.29, 1.82) is 0 Å². The Morgan fingerprint density at radius 3 is 2.45 bits per heavy atom. The molecule has 0 aliphatic carbocycles. The summed E-state index contributed by atoms with van der Waals surface area (Å²) in [6.07, 6.45) is 5.42. The van der Waals surface area contributed by atoms with Crippen LogP contribution in [0.25, 0.3) is 0 Å². The topological polar surface area (TPSA) is 125 Å². The number of carbonyl (C=O) groups is 4. The van der Waals surface area contributed by atoms with Crippen LogP contribution in [-0.4, -0.2) is 87.6 Å². The normalized spacial score (nSPS) is 25.8. The van der Waals surface area contributed by atoms with Crippen LogP contribution in [0.5, 0.6) is 0 Å². The van der Waals surface area contributed by atoms with E-state index in [-0.39, 0.29) is 42.7 Å². The van der Waals surface area contributed by atoms with Crippen LogP contribution >= 0.6 is 0 Å². The van der Waals surface area contributed by atoms with Crippen molar-refractivity contribution >= 4 is 23.7 Å². The molecule has 3 aliphatic rings. The molecule has 1 spiro atoms. The van der Waals surface area contributed by atoms with Gasteiger partial charge in [0.2, 0.25) is 17.7 Å². The van der Waals surface area contributed by atoms with Gasteiger partial charge in [0.15, 0.2) is 0 Å². The summed E-state index contributed by atoms with van der Waals surface area (Å²) in [5.41, 5.74) is -1.12. The third-order valence-corrected chi connectivity index (χ3v) is 10.2. The molecular weight excluding hydrogens is 622 g/mol. The summed E-state index contributed by atoms with van der Waals surface area (Å²) >= 11 is 0. The number of fused-ring (bicyclic) bond motifs is 1. The first-order valence-electron chi connectivity index (χ1n) is 17.8. The summed E-state index contributed by atoms with van der Waals surface area (Å²) in [6, 6.07) is 7.74. The average molecular weight is 680 g/mol. The predicted octanol–water partition coefficient (Wildman–Crippen LogP) is 5.12. The lowest BCUT2D eigenvalue weighted by Crippen LogP contribution is -2.61. The number of nitrogens with one attached hydrogen (secondary N) is 1. The molecule has 0 saturated carbocycles. The van der Waals surface area contributed by atoms with E-state index in [9.17, 15) is 24.3 Å². The molecule has 4 rings (SSSR count). The van der Waals surface area contributed by atoms with Crippen LogP contribution in [0.15, 0.2) is 55.6 Å². The maximum absolute atomic E-state index is 14.9. The van der Waals surface area contributed by atoms with Crippen LogP contribution in [0.3, 0.4) is 0 Å². The van der Waals surface area contributed by atoms with Crippen LogP contribution in [0.1, 0.15) is 98.2 Å². The Bertz CT molecular complexity index is 1370. The second-order valence-corrected chi connectivity index (χ2v) is 15.8. The summed E-state index contributed by atoms with van der Waals surface area (Å²) in [6.45, 7) is 20.4. The van der Waals surface area contributed by atoms with Gasteiger partial charge in [-0.05, 0) is 70.3 Å². The number of ether oxygens (including phenoxy) is 2. The van der Waals surface area contributed by atoms with Gasteiger partial charge < -0.3 is 29.7 Å². The highest BCUT2D eigenvalue weighted by Gasteiger charge is 2.75. The highest BCUT2D eigenvalue weighted by atomic mass is 16.6. The van der Waals surface area contributed by atoms with Crippen molar-refractivity contribution in [3.05, 3.63) is 61.2 Å². The lowest BCUT2D eigenvalue weighted by atomic mass is 9.70.